The quantitative estimate of drug-likeness (QED) is 0.673. The van der Waals surface area contributed by atoms with Gasteiger partial charge < -0.3 is 21.1 Å². The lowest BCUT2D eigenvalue weighted by Gasteiger charge is -2.15. The van der Waals surface area contributed by atoms with Crippen LogP contribution >= 0.6 is 0 Å². The molecule has 26 heavy (non-hydrogen) atoms. The number of ether oxygens (including phenoxy) is 1. The Morgan fingerprint density at radius 2 is 1.85 bits per heavy atom. The maximum atomic E-state index is 11.8. The van der Waals surface area contributed by atoms with Gasteiger partial charge in [0.05, 0.1) is 19.1 Å². The van der Waals surface area contributed by atoms with Gasteiger partial charge in [-0.25, -0.2) is 0 Å². The van der Waals surface area contributed by atoms with Crippen molar-refractivity contribution in [1.29, 1.82) is 0 Å². The summed E-state index contributed by atoms with van der Waals surface area (Å²) >= 11 is 0. The first-order valence-electron chi connectivity index (χ1n) is 8.52. The molecule has 0 aliphatic carbocycles. The fourth-order valence-electron chi connectivity index (χ4n) is 2.45. The van der Waals surface area contributed by atoms with Gasteiger partial charge in [-0.05, 0) is 37.1 Å². The molecule has 0 aliphatic rings. The first-order chi connectivity index (χ1) is 12.5. The van der Waals surface area contributed by atoms with Crippen LogP contribution in [0.2, 0.25) is 0 Å². The average molecular weight is 355 g/mol. The van der Waals surface area contributed by atoms with Gasteiger partial charge in [-0.2, -0.15) is 0 Å². The third-order valence-corrected chi connectivity index (χ3v) is 3.88. The standard InChI is InChI=1S/C20H25N3O3/c1-14-4-3-5-16(10-14)13-26-18-8-6-17(7-9-18)15(2)23-20(25)12-22-19(24)11-21/h3-10,15H,11-13,21H2,1-2H3,(H,22,24)(H,23,25). The number of aryl methyl sites for hydroxylation is 1. The van der Waals surface area contributed by atoms with Crippen LogP contribution in [0.25, 0.3) is 0 Å². The van der Waals surface area contributed by atoms with Crippen molar-refractivity contribution in [2.45, 2.75) is 26.5 Å². The Balaban J connectivity index is 1.83. The largest absolute Gasteiger partial charge is 0.489 e. The molecule has 0 bridgehead atoms. The first kappa shape index (κ1) is 19.5. The van der Waals surface area contributed by atoms with Crippen LogP contribution in [0.3, 0.4) is 0 Å². The van der Waals surface area contributed by atoms with Gasteiger partial charge in [0.25, 0.3) is 0 Å². The Morgan fingerprint density at radius 1 is 1.12 bits per heavy atom. The fraction of sp³-hybridized carbons (Fsp3) is 0.300. The van der Waals surface area contributed by atoms with Crippen molar-refractivity contribution in [1.82, 2.24) is 10.6 Å². The summed E-state index contributed by atoms with van der Waals surface area (Å²) in [5.74, 6) is 0.144. The third-order valence-electron chi connectivity index (χ3n) is 3.88. The zero-order chi connectivity index (χ0) is 18.9. The summed E-state index contributed by atoms with van der Waals surface area (Å²) in [7, 11) is 0. The van der Waals surface area contributed by atoms with Gasteiger partial charge >= 0.3 is 0 Å². The molecule has 0 fully saturated rings. The van der Waals surface area contributed by atoms with Crippen molar-refractivity contribution < 1.29 is 14.3 Å². The number of carbonyl (C=O) groups excluding carboxylic acids is 2. The van der Waals surface area contributed by atoms with E-state index in [9.17, 15) is 9.59 Å². The molecule has 0 aliphatic heterocycles. The Morgan fingerprint density at radius 3 is 2.50 bits per heavy atom. The highest BCUT2D eigenvalue weighted by Crippen LogP contribution is 2.18. The fourth-order valence-corrected chi connectivity index (χ4v) is 2.45. The van der Waals surface area contributed by atoms with Crippen molar-refractivity contribution in [3.8, 4) is 5.75 Å². The molecule has 0 aromatic heterocycles. The van der Waals surface area contributed by atoms with Crippen LogP contribution in [0.4, 0.5) is 0 Å². The lowest BCUT2D eigenvalue weighted by Crippen LogP contribution is -2.40. The summed E-state index contributed by atoms with van der Waals surface area (Å²) in [6.07, 6.45) is 0. The molecule has 0 radical (unpaired) electrons. The van der Waals surface area contributed by atoms with E-state index in [1.54, 1.807) is 0 Å². The number of hydrogen-bond donors (Lipinski definition) is 3. The molecule has 0 saturated carbocycles. The van der Waals surface area contributed by atoms with Gasteiger partial charge in [0, 0.05) is 0 Å². The number of rotatable bonds is 8. The third kappa shape index (κ3) is 6.22. The minimum Gasteiger partial charge on any atom is -0.489 e. The number of nitrogens with one attached hydrogen (secondary N) is 2. The van der Waals surface area contributed by atoms with Gasteiger partial charge in [0.1, 0.15) is 12.4 Å². The molecule has 2 aromatic carbocycles. The second-order valence-corrected chi connectivity index (χ2v) is 6.12. The monoisotopic (exact) mass is 355 g/mol. The summed E-state index contributed by atoms with van der Waals surface area (Å²) in [6.45, 7) is 4.22. The van der Waals surface area contributed by atoms with Gasteiger partial charge in [-0.15, -0.1) is 0 Å². The molecule has 2 amide bonds. The molecule has 1 unspecified atom stereocenters. The van der Waals surface area contributed by atoms with Gasteiger partial charge in [-0.3, -0.25) is 9.59 Å². The second kappa shape index (κ2) is 9.58. The number of benzene rings is 2. The van der Waals surface area contributed by atoms with Crippen molar-refractivity contribution in [3.05, 3.63) is 65.2 Å². The van der Waals surface area contributed by atoms with E-state index in [0.29, 0.717) is 6.61 Å². The molecule has 0 saturated heterocycles. The van der Waals surface area contributed by atoms with E-state index in [1.165, 1.54) is 5.56 Å². The molecule has 0 heterocycles. The Bertz CT molecular complexity index is 744. The van der Waals surface area contributed by atoms with Crippen LogP contribution < -0.4 is 21.1 Å². The highest BCUT2D eigenvalue weighted by molar-refractivity contribution is 5.85. The Hall–Kier alpha value is -2.86. The summed E-state index contributed by atoms with van der Waals surface area (Å²) < 4.78 is 5.79. The highest BCUT2D eigenvalue weighted by atomic mass is 16.5. The maximum absolute atomic E-state index is 11.8. The van der Waals surface area contributed by atoms with Crippen molar-refractivity contribution >= 4 is 11.8 Å². The van der Waals surface area contributed by atoms with Crippen LogP contribution in [-0.4, -0.2) is 24.9 Å². The van der Waals surface area contributed by atoms with E-state index < -0.39 is 0 Å². The van der Waals surface area contributed by atoms with Crippen LogP contribution in [0.15, 0.2) is 48.5 Å². The van der Waals surface area contributed by atoms with Crippen molar-refractivity contribution in [2.24, 2.45) is 5.73 Å². The van der Waals surface area contributed by atoms with Crippen molar-refractivity contribution in [2.75, 3.05) is 13.1 Å². The minimum absolute atomic E-state index is 0.0853. The molecule has 2 aromatic rings. The number of carbonyl (C=O) groups is 2. The van der Waals surface area contributed by atoms with E-state index in [0.717, 1.165) is 16.9 Å². The molecule has 4 N–H and O–H groups in total. The lowest BCUT2D eigenvalue weighted by atomic mass is 10.1. The van der Waals surface area contributed by atoms with E-state index in [1.807, 2.05) is 43.3 Å². The molecular weight excluding hydrogens is 330 g/mol. The SMILES string of the molecule is Cc1cccc(COc2ccc(C(C)NC(=O)CNC(=O)CN)cc2)c1. The number of nitrogens with two attached hydrogens (primary N) is 1. The Kier molecular flexibility index (Phi) is 7.17. The predicted octanol–water partition coefficient (Wildman–Crippen LogP) is 1.83. The van der Waals surface area contributed by atoms with Gasteiger partial charge in [0.15, 0.2) is 0 Å². The average Bonchev–Trinajstić information content (AvgIpc) is 2.64. The van der Waals surface area contributed by atoms with Gasteiger partial charge in [-0.1, -0.05) is 42.0 Å². The van der Waals surface area contributed by atoms with Crippen LogP contribution in [0, 0.1) is 6.92 Å². The lowest BCUT2D eigenvalue weighted by molar-refractivity contribution is -0.125. The number of amides is 2. The van der Waals surface area contributed by atoms with Gasteiger partial charge in [0.2, 0.25) is 11.8 Å². The summed E-state index contributed by atoms with van der Waals surface area (Å²) in [4.78, 5) is 22.9. The summed E-state index contributed by atoms with van der Waals surface area (Å²) in [5.41, 5.74) is 8.45. The summed E-state index contributed by atoms with van der Waals surface area (Å²) in [5, 5.41) is 5.26. The maximum Gasteiger partial charge on any atom is 0.239 e. The number of hydrogen-bond acceptors (Lipinski definition) is 4. The van der Waals surface area contributed by atoms with Crippen LogP contribution in [0.5, 0.6) is 5.75 Å². The smallest absolute Gasteiger partial charge is 0.239 e. The Labute approximate surface area is 153 Å². The zero-order valence-corrected chi connectivity index (χ0v) is 15.1. The highest BCUT2D eigenvalue weighted by Gasteiger charge is 2.10. The van der Waals surface area contributed by atoms with Crippen LogP contribution in [-0.2, 0) is 16.2 Å². The zero-order valence-electron chi connectivity index (χ0n) is 15.1. The molecular formula is C20H25N3O3. The molecule has 1 atom stereocenters. The second-order valence-electron chi connectivity index (χ2n) is 6.12. The molecule has 6 nitrogen and oxygen atoms in total. The normalized spacial score (nSPS) is 11.5. The molecule has 138 valence electrons. The summed E-state index contributed by atoms with van der Waals surface area (Å²) in [6, 6.07) is 15.6. The topological polar surface area (TPSA) is 93.5 Å². The van der Waals surface area contributed by atoms with E-state index in [4.69, 9.17) is 10.5 Å². The molecule has 2 rings (SSSR count). The minimum atomic E-state index is -0.358. The molecule has 6 heteroatoms. The predicted molar refractivity (Wildman–Crippen MR) is 101 cm³/mol. The van der Waals surface area contributed by atoms with Crippen LogP contribution in [0.1, 0.15) is 29.7 Å². The van der Waals surface area contributed by atoms with Crippen molar-refractivity contribution in [3.63, 3.8) is 0 Å². The van der Waals surface area contributed by atoms with E-state index >= 15 is 0 Å². The first-order valence-corrected chi connectivity index (χ1v) is 8.52. The van der Waals surface area contributed by atoms with E-state index in [2.05, 4.69) is 29.7 Å². The molecule has 0 spiro atoms. The van der Waals surface area contributed by atoms with E-state index in [-0.39, 0.29) is 30.9 Å².